The molecule has 1 fully saturated rings. The molecule has 1 atom stereocenters. The minimum Gasteiger partial charge on any atom is -0.471 e. The number of hydrogen-bond donors (Lipinski definition) is 3. The van der Waals surface area contributed by atoms with Crippen LogP contribution >= 0.6 is 0 Å². The number of halogens is 3. The van der Waals surface area contributed by atoms with Crippen molar-refractivity contribution in [1.29, 1.82) is 0 Å². The SMILES string of the molecule is Cn1cc(N2C(C(N)=O)=COC2c2ccnc(NCC(F)(F)F)c2)c(N2CCNC2=O)n1. The molecule has 2 aliphatic heterocycles. The lowest BCUT2D eigenvalue weighted by Crippen LogP contribution is -2.34. The van der Waals surface area contributed by atoms with Crippen LogP contribution in [0, 0.1) is 0 Å². The van der Waals surface area contributed by atoms with Gasteiger partial charge < -0.3 is 21.1 Å². The highest BCUT2D eigenvalue weighted by Crippen LogP contribution is 2.41. The lowest BCUT2D eigenvalue weighted by molar-refractivity contribution is -0.115. The summed E-state index contributed by atoms with van der Waals surface area (Å²) < 4.78 is 44.8. The van der Waals surface area contributed by atoms with Crippen LogP contribution in [0.15, 0.2) is 36.5 Å². The summed E-state index contributed by atoms with van der Waals surface area (Å²) in [5.41, 5.74) is 6.28. The number of carbonyl (C=O) groups is 2. The highest BCUT2D eigenvalue weighted by Gasteiger charge is 2.38. The Morgan fingerprint density at radius 1 is 1.44 bits per heavy atom. The fourth-order valence-corrected chi connectivity index (χ4v) is 3.42. The number of ether oxygens (including phenoxy) is 1. The van der Waals surface area contributed by atoms with Gasteiger partial charge in [0.25, 0.3) is 5.91 Å². The number of aryl methyl sites for hydroxylation is 1. The minimum absolute atomic E-state index is 0.00883. The molecule has 2 aliphatic rings. The fourth-order valence-electron chi connectivity index (χ4n) is 3.42. The number of nitrogens with two attached hydrogens (primary N) is 1. The number of amides is 3. The summed E-state index contributed by atoms with van der Waals surface area (Å²) in [5, 5.41) is 9.22. The number of primary amides is 1. The average Bonchev–Trinajstić information content (AvgIpc) is 3.43. The molecule has 0 saturated carbocycles. The van der Waals surface area contributed by atoms with Crippen molar-refractivity contribution < 1.29 is 27.5 Å². The van der Waals surface area contributed by atoms with E-state index < -0.39 is 24.9 Å². The van der Waals surface area contributed by atoms with E-state index >= 15 is 0 Å². The van der Waals surface area contributed by atoms with E-state index in [0.29, 0.717) is 24.3 Å². The Bertz CT molecular complexity index is 1080. The van der Waals surface area contributed by atoms with Gasteiger partial charge in [-0.3, -0.25) is 19.3 Å². The van der Waals surface area contributed by atoms with Crippen LogP contribution in [-0.4, -0.2) is 52.5 Å². The number of urea groups is 1. The zero-order valence-electron chi connectivity index (χ0n) is 16.8. The van der Waals surface area contributed by atoms with Crippen molar-refractivity contribution in [3.8, 4) is 0 Å². The lowest BCUT2D eigenvalue weighted by atomic mass is 10.2. The molecule has 2 aromatic rings. The molecular weight excluding hydrogens is 433 g/mol. The predicted octanol–water partition coefficient (Wildman–Crippen LogP) is 1.18. The number of aromatic nitrogens is 3. The third-order valence-corrected chi connectivity index (χ3v) is 4.76. The molecule has 32 heavy (non-hydrogen) atoms. The third kappa shape index (κ3) is 4.10. The molecule has 0 aliphatic carbocycles. The van der Waals surface area contributed by atoms with Gasteiger partial charge in [-0.25, -0.2) is 9.78 Å². The molecule has 0 bridgehead atoms. The Morgan fingerprint density at radius 2 is 2.22 bits per heavy atom. The zero-order chi connectivity index (χ0) is 23.0. The number of rotatable bonds is 6. The Hall–Kier alpha value is -3.97. The van der Waals surface area contributed by atoms with E-state index in [2.05, 4.69) is 20.7 Å². The van der Waals surface area contributed by atoms with E-state index in [-0.39, 0.29) is 23.4 Å². The van der Waals surface area contributed by atoms with Gasteiger partial charge >= 0.3 is 12.2 Å². The van der Waals surface area contributed by atoms with Gasteiger partial charge in [0.15, 0.2) is 5.82 Å². The summed E-state index contributed by atoms with van der Waals surface area (Å²) in [6, 6.07) is 2.56. The molecule has 4 rings (SSSR count). The van der Waals surface area contributed by atoms with Crippen LogP contribution in [0.2, 0.25) is 0 Å². The summed E-state index contributed by atoms with van der Waals surface area (Å²) >= 11 is 0. The van der Waals surface area contributed by atoms with Crippen LogP contribution in [-0.2, 0) is 16.6 Å². The van der Waals surface area contributed by atoms with E-state index in [0.717, 1.165) is 6.26 Å². The van der Waals surface area contributed by atoms with Crippen molar-refractivity contribution in [3.05, 3.63) is 42.0 Å². The molecule has 2 aromatic heterocycles. The average molecular weight is 452 g/mol. The smallest absolute Gasteiger partial charge is 0.405 e. The summed E-state index contributed by atoms with van der Waals surface area (Å²) in [6.45, 7) is -0.481. The molecular formula is C18H19F3N8O3. The second-order valence-electron chi connectivity index (χ2n) is 7.06. The Labute approximate surface area is 179 Å². The Balaban J connectivity index is 1.71. The minimum atomic E-state index is -4.42. The van der Waals surface area contributed by atoms with Crippen molar-refractivity contribution in [3.63, 3.8) is 0 Å². The molecule has 0 radical (unpaired) electrons. The second-order valence-corrected chi connectivity index (χ2v) is 7.06. The number of pyridine rings is 1. The molecule has 11 nitrogen and oxygen atoms in total. The molecule has 1 unspecified atom stereocenters. The molecule has 0 spiro atoms. The maximum Gasteiger partial charge on any atom is 0.405 e. The largest absolute Gasteiger partial charge is 0.471 e. The Kier molecular flexibility index (Phi) is 5.28. The van der Waals surface area contributed by atoms with Gasteiger partial charge in [0, 0.05) is 31.9 Å². The molecule has 4 N–H and O–H groups in total. The van der Waals surface area contributed by atoms with Crippen LogP contribution in [0.1, 0.15) is 11.8 Å². The van der Waals surface area contributed by atoms with E-state index in [4.69, 9.17) is 10.5 Å². The number of nitrogens with zero attached hydrogens (tertiary/aromatic N) is 5. The van der Waals surface area contributed by atoms with Crippen LogP contribution in [0.3, 0.4) is 0 Å². The van der Waals surface area contributed by atoms with Crippen molar-refractivity contribution >= 4 is 29.3 Å². The molecule has 14 heteroatoms. The summed E-state index contributed by atoms with van der Waals surface area (Å²) in [5.74, 6) is -0.548. The topological polar surface area (TPSA) is 131 Å². The molecule has 0 aromatic carbocycles. The van der Waals surface area contributed by atoms with Gasteiger partial charge in [-0.05, 0) is 12.1 Å². The van der Waals surface area contributed by atoms with Crippen molar-refractivity contribution in [2.75, 3.05) is 34.8 Å². The monoisotopic (exact) mass is 452 g/mol. The number of anilines is 3. The second kappa shape index (κ2) is 7.94. The summed E-state index contributed by atoms with van der Waals surface area (Å²) in [4.78, 5) is 31.1. The van der Waals surface area contributed by atoms with Crippen molar-refractivity contribution in [1.82, 2.24) is 20.1 Å². The highest BCUT2D eigenvalue weighted by atomic mass is 19.4. The van der Waals surface area contributed by atoms with E-state index in [1.165, 1.54) is 32.8 Å². The van der Waals surface area contributed by atoms with Gasteiger partial charge in [-0.15, -0.1) is 0 Å². The van der Waals surface area contributed by atoms with Crippen LogP contribution < -0.4 is 26.2 Å². The van der Waals surface area contributed by atoms with Gasteiger partial charge in [0.05, 0.1) is 6.20 Å². The zero-order valence-corrected chi connectivity index (χ0v) is 16.8. The normalized spacial score (nSPS) is 18.4. The number of hydrogen-bond acceptors (Lipinski definition) is 7. The predicted molar refractivity (Wildman–Crippen MR) is 106 cm³/mol. The van der Waals surface area contributed by atoms with Gasteiger partial charge in [-0.2, -0.15) is 18.3 Å². The number of carbonyl (C=O) groups excluding carboxylic acids is 2. The van der Waals surface area contributed by atoms with Crippen LogP contribution in [0.4, 0.5) is 35.3 Å². The molecule has 3 amide bonds. The fraction of sp³-hybridized carbons (Fsp3) is 0.333. The molecule has 1 saturated heterocycles. The Morgan fingerprint density at radius 3 is 2.88 bits per heavy atom. The van der Waals surface area contributed by atoms with Gasteiger partial charge in [0.2, 0.25) is 6.23 Å². The number of nitrogens with one attached hydrogen (secondary N) is 2. The molecule has 4 heterocycles. The highest BCUT2D eigenvalue weighted by molar-refractivity contribution is 6.00. The number of alkyl halides is 3. The van der Waals surface area contributed by atoms with E-state index in [9.17, 15) is 22.8 Å². The maximum atomic E-state index is 12.6. The van der Waals surface area contributed by atoms with Crippen LogP contribution in [0.5, 0.6) is 0 Å². The first-order valence-corrected chi connectivity index (χ1v) is 9.44. The third-order valence-electron chi connectivity index (χ3n) is 4.76. The van der Waals surface area contributed by atoms with Crippen molar-refractivity contribution in [2.45, 2.75) is 12.4 Å². The first kappa shape index (κ1) is 21.3. The van der Waals surface area contributed by atoms with Crippen molar-refractivity contribution in [2.24, 2.45) is 12.8 Å². The van der Waals surface area contributed by atoms with E-state index in [1.54, 1.807) is 13.2 Å². The maximum absolute atomic E-state index is 12.6. The van der Waals surface area contributed by atoms with Gasteiger partial charge in [-0.1, -0.05) is 0 Å². The first-order chi connectivity index (χ1) is 15.1. The van der Waals surface area contributed by atoms with Crippen LogP contribution in [0.25, 0.3) is 0 Å². The van der Waals surface area contributed by atoms with E-state index in [1.807, 2.05) is 0 Å². The quantitative estimate of drug-likeness (QED) is 0.600. The standard InChI is InChI=1S/C18H19F3N8O3/c1-27-7-11(15(26-27)28-5-4-24-17(28)31)29-12(14(22)30)8-32-16(29)10-2-3-23-13(6-10)25-9-18(19,20)21/h2-3,6-8,16H,4-5,9H2,1H3,(H2,22,30)(H,23,25)(H,24,31). The first-order valence-electron chi connectivity index (χ1n) is 9.44. The summed E-state index contributed by atoms with van der Waals surface area (Å²) in [7, 11) is 1.65. The van der Waals surface area contributed by atoms with Gasteiger partial charge in [0.1, 0.15) is 30.0 Å². The molecule has 170 valence electrons. The lowest BCUT2D eigenvalue weighted by Gasteiger charge is -2.28. The summed E-state index contributed by atoms with van der Waals surface area (Å²) in [6.07, 6.45) is -1.31.